The molecule has 5 fully saturated rings. The van der Waals surface area contributed by atoms with Crippen LogP contribution in [-0.2, 0) is 9.53 Å². The Hall–Kier alpha value is -0.710. The van der Waals surface area contributed by atoms with Gasteiger partial charge in [0.1, 0.15) is 18.0 Å². The molecule has 4 aliphatic carbocycles. The van der Waals surface area contributed by atoms with Crippen molar-refractivity contribution in [3.8, 4) is 0 Å². The zero-order chi connectivity index (χ0) is 25.1. The Bertz CT molecular complexity index is 903. The first-order valence-corrected chi connectivity index (χ1v) is 13.9. The second-order valence-electron chi connectivity index (χ2n) is 14.7. The summed E-state index contributed by atoms with van der Waals surface area (Å²) in [6.07, 6.45) is 7.95. The van der Waals surface area contributed by atoms with Gasteiger partial charge in [-0.1, -0.05) is 46.3 Å². The van der Waals surface area contributed by atoms with Gasteiger partial charge in [0, 0.05) is 11.8 Å². The van der Waals surface area contributed by atoms with E-state index in [0.717, 1.165) is 32.1 Å². The standard InChI is InChI=1S/C30H48O4/c1-17(15-21(32)25-27(4,5)34-25)18-9-13-29(7)19(18)16-20(31)24-28(6)12-11-23(33)26(2,3)22(28)10-14-30(24,29)8/h15,18-22,24-25,31-32H,9-14,16H2,1-8H3/t18-,19-,20-,21?,22+,24-,25?,28+,29-,30-/m1/s1. The zero-order valence-electron chi connectivity index (χ0n) is 22.8. The van der Waals surface area contributed by atoms with Crippen molar-refractivity contribution in [2.75, 3.05) is 0 Å². The van der Waals surface area contributed by atoms with Gasteiger partial charge in [-0.05, 0) is 99.2 Å². The molecule has 0 aromatic heterocycles. The second kappa shape index (κ2) is 7.42. The van der Waals surface area contributed by atoms with Gasteiger partial charge >= 0.3 is 0 Å². The number of rotatable bonds is 3. The molecule has 10 atom stereocenters. The number of epoxide rings is 1. The van der Waals surface area contributed by atoms with Crippen molar-refractivity contribution in [3.05, 3.63) is 11.6 Å². The molecule has 5 aliphatic rings. The fourth-order valence-corrected chi connectivity index (χ4v) is 10.4. The molecular weight excluding hydrogens is 424 g/mol. The van der Waals surface area contributed by atoms with Crippen molar-refractivity contribution in [1.29, 1.82) is 0 Å². The molecule has 0 aromatic rings. The summed E-state index contributed by atoms with van der Waals surface area (Å²) in [5.41, 5.74) is 0.976. The lowest BCUT2D eigenvalue weighted by atomic mass is 9.35. The highest BCUT2D eigenvalue weighted by Gasteiger charge is 2.70. The van der Waals surface area contributed by atoms with Crippen LogP contribution in [0.4, 0.5) is 0 Å². The van der Waals surface area contributed by atoms with Gasteiger partial charge in [-0.3, -0.25) is 4.79 Å². The second-order valence-corrected chi connectivity index (χ2v) is 14.7. The summed E-state index contributed by atoms with van der Waals surface area (Å²) >= 11 is 0. The minimum atomic E-state index is -0.560. The molecule has 34 heavy (non-hydrogen) atoms. The maximum absolute atomic E-state index is 12.9. The number of hydrogen-bond acceptors (Lipinski definition) is 4. The molecule has 0 aromatic carbocycles. The number of Topliss-reactive ketones (excluding diaryl/α,β-unsaturated/α-hetero) is 1. The highest BCUT2D eigenvalue weighted by atomic mass is 16.6. The summed E-state index contributed by atoms with van der Waals surface area (Å²) in [6, 6.07) is 0. The predicted molar refractivity (Wildman–Crippen MR) is 134 cm³/mol. The summed E-state index contributed by atoms with van der Waals surface area (Å²) in [5, 5.41) is 22.6. The van der Waals surface area contributed by atoms with E-state index < -0.39 is 6.10 Å². The van der Waals surface area contributed by atoms with E-state index in [1.54, 1.807) is 0 Å². The van der Waals surface area contributed by atoms with Crippen LogP contribution in [0.15, 0.2) is 11.6 Å². The van der Waals surface area contributed by atoms with Crippen LogP contribution in [0.2, 0.25) is 0 Å². The number of aliphatic hydroxyl groups is 2. The smallest absolute Gasteiger partial charge is 0.138 e. The Morgan fingerprint density at radius 2 is 1.65 bits per heavy atom. The third-order valence-electron chi connectivity index (χ3n) is 12.5. The molecule has 0 amide bonds. The van der Waals surface area contributed by atoms with Gasteiger partial charge in [0.25, 0.3) is 0 Å². The van der Waals surface area contributed by atoms with E-state index in [4.69, 9.17) is 4.74 Å². The average molecular weight is 473 g/mol. The molecule has 1 aliphatic heterocycles. The van der Waals surface area contributed by atoms with Gasteiger partial charge < -0.3 is 14.9 Å². The summed E-state index contributed by atoms with van der Waals surface area (Å²) < 4.78 is 5.69. The first-order valence-electron chi connectivity index (χ1n) is 13.9. The Morgan fingerprint density at radius 3 is 2.26 bits per heavy atom. The number of allylic oxidation sites excluding steroid dienone is 1. The first kappa shape index (κ1) is 25.0. The Morgan fingerprint density at radius 1 is 1.03 bits per heavy atom. The van der Waals surface area contributed by atoms with Gasteiger partial charge in [0.05, 0.1) is 11.7 Å². The zero-order valence-corrected chi connectivity index (χ0v) is 22.8. The molecule has 0 spiro atoms. The lowest BCUT2D eigenvalue weighted by Gasteiger charge is -2.70. The molecule has 4 saturated carbocycles. The number of aliphatic hydroxyl groups excluding tert-OH is 2. The normalized spacial score (nSPS) is 52.4. The van der Waals surface area contributed by atoms with E-state index in [0.29, 0.717) is 30.0 Å². The van der Waals surface area contributed by atoms with Crippen LogP contribution in [0.1, 0.15) is 100 Å². The SMILES string of the molecule is CC(=CC(O)C1OC1(C)C)[C@H]1CC[C@]2(C)[C@@H]1C[C@@H](O)[C@@H]1[C@@]3(C)CCC(=O)C(C)(C)[C@@H]3CC[C@]12C. The molecule has 2 unspecified atom stereocenters. The highest BCUT2D eigenvalue weighted by molar-refractivity contribution is 5.85. The van der Waals surface area contributed by atoms with Gasteiger partial charge in [-0.25, -0.2) is 0 Å². The molecule has 0 radical (unpaired) electrons. The van der Waals surface area contributed by atoms with Crippen LogP contribution < -0.4 is 0 Å². The van der Waals surface area contributed by atoms with Gasteiger partial charge in [0.2, 0.25) is 0 Å². The summed E-state index contributed by atoms with van der Waals surface area (Å²) in [7, 11) is 0. The number of fused-ring (bicyclic) bond motifs is 5. The van der Waals surface area contributed by atoms with Crippen molar-refractivity contribution in [2.24, 2.45) is 45.3 Å². The van der Waals surface area contributed by atoms with Crippen LogP contribution >= 0.6 is 0 Å². The molecule has 2 N–H and O–H groups in total. The van der Waals surface area contributed by atoms with Crippen molar-refractivity contribution in [3.63, 3.8) is 0 Å². The lowest BCUT2D eigenvalue weighted by Crippen LogP contribution is -2.66. The minimum Gasteiger partial charge on any atom is -0.393 e. The Kier molecular flexibility index (Phi) is 5.44. The van der Waals surface area contributed by atoms with Crippen molar-refractivity contribution >= 4 is 5.78 Å². The predicted octanol–water partition coefficient (Wildman–Crippen LogP) is 5.70. The van der Waals surface area contributed by atoms with E-state index in [9.17, 15) is 15.0 Å². The molecule has 4 heteroatoms. The third-order valence-corrected chi connectivity index (χ3v) is 12.5. The van der Waals surface area contributed by atoms with Gasteiger partial charge in [-0.15, -0.1) is 0 Å². The summed E-state index contributed by atoms with van der Waals surface area (Å²) in [4.78, 5) is 12.9. The van der Waals surface area contributed by atoms with Crippen LogP contribution in [0, 0.1) is 45.3 Å². The van der Waals surface area contributed by atoms with E-state index in [1.807, 2.05) is 19.9 Å². The van der Waals surface area contributed by atoms with Gasteiger partial charge in [-0.2, -0.15) is 0 Å². The fraction of sp³-hybridized carbons (Fsp3) is 0.900. The number of carbonyl (C=O) groups excluding carboxylic acids is 1. The van der Waals surface area contributed by atoms with Crippen molar-refractivity contribution < 1.29 is 19.7 Å². The molecule has 1 saturated heterocycles. The third kappa shape index (κ3) is 3.16. The quantitative estimate of drug-likeness (QED) is 0.409. The van der Waals surface area contributed by atoms with Crippen LogP contribution in [0.25, 0.3) is 0 Å². The first-order chi connectivity index (χ1) is 15.6. The maximum Gasteiger partial charge on any atom is 0.138 e. The Balaban J connectivity index is 1.46. The van der Waals surface area contributed by atoms with E-state index in [-0.39, 0.29) is 45.4 Å². The topological polar surface area (TPSA) is 70.1 Å². The van der Waals surface area contributed by atoms with Crippen molar-refractivity contribution in [2.45, 2.75) is 124 Å². The van der Waals surface area contributed by atoms with Crippen LogP contribution in [0.3, 0.4) is 0 Å². The fourth-order valence-electron chi connectivity index (χ4n) is 10.4. The van der Waals surface area contributed by atoms with Gasteiger partial charge in [0.15, 0.2) is 0 Å². The number of ether oxygens (including phenoxy) is 1. The van der Waals surface area contributed by atoms with Crippen LogP contribution in [0.5, 0.6) is 0 Å². The number of carbonyl (C=O) groups is 1. The molecular formula is C30H48O4. The van der Waals surface area contributed by atoms with E-state index >= 15 is 0 Å². The number of ketones is 1. The Labute approximate surface area is 206 Å². The molecule has 5 rings (SSSR count). The average Bonchev–Trinajstić information content (AvgIpc) is 3.23. The molecule has 1 heterocycles. The summed E-state index contributed by atoms with van der Waals surface area (Å²) in [5.74, 6) is 1.84. The van der Waals surface area contributed by atoms with Crippen LogP contribution in [-0.4, -0.2) is 39.9 Å². The highest BCUT2D eigenvalue weighted by Crippen LogP contribution is 2.75. The largest absolute Gasteiger partial charge is 0.393 e. The van der Waals surface area contributed by atoms with E-state index in [1.165, 1.54) is 12.0 Å². The monoisotopic (exact) mass is 472 g/mol. The summed E-state index contributed by atoms with van der Waals surface area (Å²) in [6.45, 7) is 18.0. The molecule has 4 nitrogen and oxygen atoms in total. The minimum absolute atomic E-state index is 0.00582. The molecule has 192 valence electrons. The lowest BCUT2D eigenvalue weighted by molar-refractivity contribution is -0.236. The maximum atomic E-state index is 12.9. The number of hydrogen-bond donors (Lipinski definition) is 2. The molecule has 0 bridgehead atoms. The van der Waals surface area contributed by atoms with E-state index in [2.05, 4.69) is 41.5 Å². The van der Waals surface area contributed by atoms with Crippen molar-refractivity contribution in [1.82, 2.24) is 0 Å².